The molecule has 1 atom stereocenters. The van der Waals surface area contributed by atoms with Gasteiger partial charge in [0.05, 0.1) is 18.7 Å². The highest BCUT2D eigenvalue weighted by Crippen LogP contribution is 2.29. The van der Waals surface area contributed by atoms with Crippen LogP contribution in [0.15, 0.2) is 51.4 Å². The molecule has 158 valence electrons. The van der Waals surface area contributed by atoms with Crippen LogP contribution in [0.1, 0.15) is 12.8 Å². The van der Waals surface area contributed by atoms with Crippen LogP contribution in [0.3, 0.4) is 0 Å². The molecule has 1 aliphatic heterocycles. The van der Waals surface area contributed by atoms with E-state index >= 15 is 0 Å². The number of benzene rings is 1. The van der Waals surface area contributed by atoms with E-state index in [0.29, 0.717) is 28.7 Å². The van der Waals surface area contributed by atoms with Crippen molar-refractivity contribution in [3.63, 3.8) is 0 Å². The quantitative estimate of drug-likeness (QED) is 0.599. The molecule has 1 aliphatic rings. The average Bonchev–Trinajstić information content (AvgIpc) is 3.47. The van der Waals surface area contributed by atoms with Gasteiger partial charge in [0.25, 0.3) is 10.0 Å². The second-order valence-electron chi connectivity index (χ2n) is 6.89. The molecule has 1 saturated heterocycles. The minimum absolute atomic E-state index is 0.183. The topological polar surface area (TPSA) is 88.6 Å². The summed E-state index contributed by atoms with van der Waals surface area (Å²) < 4.78 is 32.4. The van der Waals surface area contributed by atoms with Gasteiger partial charge in [-0.15, -0.1) is 22.7 Å². The minimum Gasteiger partial charge on any atom is -0.497 e. The van der Waals surface area contributed by atoms with Crippen LogP contribution in [0.4, 0.5) is 5.13 Å². The van der Waals surface area contributed by atoms with E-state index in [1.54, 1.807) is 24.6 Å². The highest BCUT2D eigenvalue weighted by molar-refractivity contribution is 7.91. The van der Waals surface area contributed by atoms with Crippen molar-refractivity contribution < 1.29 is 17.9 Å². The van der Waals surface area contributed by atoms with Crippen molar-refractivity contribution in [2.75, 3.05) is 25.5 Å². The van der Waals surface area contributed by atoms with E-state index in [4.69, 9.17) is 4.74 Å². The molecule has 10 heteroatoms. The Morgan fingerprint density at radius 2 is 2.03 bits per heavy atom. The predicted octanol–water partition coefficient (Wildman–Crippen LogP) is 3.92. The zero-order valence-corrected chi connectivity index (χ0v) is 18.7. The Morgan fingerprint density at radius 1 is 1.23 bits per heavy atom. The summed E-state index contributed by atoms with van der Waals surface area (Å²) in [5.41, 5.74) is 1.70. The standard InChI is InChI=1S/C20H21N3O4S3/c1-27-16-8-6-14(7-9-16)17-13-29-20(21-17)22-19(24)15-4-2-10-23(12-15)30(25,26)18-5-3-11-28-18/h3,5-9,11,13,15H,2,4,10,12H2,1H3,(H,21,22,24). The van der Waals surface area contributed by atoms with Crippen LogP contribution in [0.2, 0.25) is 0 Å². The Hall–Kier alpha value is -2.27. The van der Waals surface area contributed by atoms with Crippen LogP contribution >= 0.6 is 22.7 Å². The molecule has 1 amide bonds. The molecule has 7 nitrogen and oxygen atoms in total. The maximum atomic E-state index is 12.8. The molecule has 0 saturated carbocycles. The Kier molecular flexibility index (Phi) is 6.19. The normalized spacial score (nSPS) is 17.6. The van der Waals surface area contributed by atoms with E-state index in [0.717, 1.165) is 17.0 Å². The molecule has 1 unspecified atom stereocenters. The molecular weight excluding hydrogens is 442 g/mol. The third-order valence-corrected chi connectivity index (χ3v) is 8.96. The fourth-order valence-corrected chi connectivity index (χ4v) is 6.74. The Morgan fingerprint density at radius 3 is 2.73 bits per heavy atom. The van der Waals surface area contributed by atoms with Gasteiger partial charge >= 0.3 is 0 Å². The fourth-order valence-electron chi connectivity index (χ4n) is 3.35. The third kappa shape index (κ3) is 4.41. The number of sulfonamides is 1. The van der Waals surface area contributed by atoms with E-state index in [-0.39, 0.29) is 12.5 Å². The first-order valence-corrected chi connectivity index (χ1v) is 12.6. The number of thiophene rings is 1. The fraction of sp³-hybridized carbons (Fsp3) is 0.300. The summed E-state index contributed by atoms with van der Waals surface area (Å²) >= 11 is 2.54. The van der Waals surface area contributed by atoms with Crippen LogP contribution in [-0.2, 0) is 14.8 Å². The second kappa shape index (κ2) is 8.84. The van der Waals surface area contributed by atoms with Crippen LogP contribution in [0.25, 0.3) is 11.3 Å². The number of hydrogen-bond acceptors (Lipinski definition) is 7. The molecule has 0 aliphatic carbocycles. The van der Waals surface area contributed by atoms with Crippen molar-refractivity contribution >= 4 is 43.7 Å². The number of nitrogens with one attached hydrogen (secondary N) is 1. The van der Waals surface area contributed by atoms with Gasteiger partial charge in [0.1, 0.15) is 9.96 Å². The highest BCUT2D eigenvalue weighted by Gasteiger charge is 2.34. The largest absolute Gasteiger partial charge is 0.497 e. The van der Waals surface area contributed by atoms with Gasteiger partial charge in [-0.05, 0) is 48.6 Å². The van der Waals surface area contributed by atoms with Gasteiger partial charge in [0.2, 0.25) is 5.91 Å². The number of carbonyl (C=O) groups excluding carboxylic acids is 1. The number of nitrogens with zero attached hydrogens (tertiary/aromatic N) is 2. The summed E-state index contributed by atoms with van der Waals surface area (Å²) in [5.74, 6) is 0.167. The molecule has 2 aromatic heterocycles. The highest BCUT2D eigenvalue weighted by atomic mass is 32.2. The summed E-state index contributed by atoms with van der Waals surface area (Å²) in [6.45, 7) is 0.617. The first-order valence-electron chi connectivity index (χ1n) is 9.42. The van der Waals surface area contributed by atoms with Crippen molar-refractivity contribution in [1.82, 2.24) is 9.29 Å². The summed E-state index contributed by atoms with van der Waals surface area (Å²) in [5, 5.41) is 6.98. The van der Waals surface area contributed by atoms with Gasteiger partial charge in [-0.25, -0.2) is 13.4 Å². The van der Waals surface area contributed by atoms with Gasteiger partial charge in [-0.1, -0.05) is 6.07 Å². The lowest BCUT2D eigenvalue weighted by atomic mass is 9.99. The molecule has 0 spiro atoms. The molecule has 1 fully saturated rings. The molecule has 4 rings (SSSR count). The van der Waals surface area contributed by atoms with Gasteiger partial charge in [0.15, 0.2) is 5.13 Å². The van der Waals surface area contributed by atoms with Gasteiger partial charge in [-0.3, -0.25) is 4.79 Å². The number of methoxy groups -OCH3 is 1. The zero-order valence-electron chi connectivity index (χ0n) is 16.3. The van der Waals surface area contributed by atoms with Crippen LogP contribution < -0.4 is 10.1 Å². The van der Waals surface area contributed by atoms with Crippen molar-refractivity contribution in [2.45, 2.75) is 17.1 Å². The molecule has 1 aromatic carbocycles. The number of anilines is 1. The Labute approximate surface area is 183 Å². The molecule has 30 heavy (non-hydrogen) atoms. The lowest BCUT2D eigenvalue weighted by molar-refractivity contribution is -0.120. The molecule has 3 heterocycles. The second-order valence-corrected chi connectivity index (χ2v) is 10.9. The number of piperidine rings is 1. The van der Waals surface area contributed by atoms with Crippen LogP contribution in [-0.4, -0.2) is 43.8 Å². The number of ether oxygens (including phenoxy) is 1. The number of rotatable bonds is 6. The van der Waals surface area contributed by atoms with Crippen molar-refractivity contribution in [2.24, 2.45) is 5.92 Å². The number of aromatic nitrogens is 1. The lowest BCUT2D eigenvalue weighted by Crippen LogP contribution is -2.43. The number of carbonyl (C=O) groups is 1. The van der Waals surface area contributed by atoms with E-state index in [1.807, 2.05) is 29.6 Å². The lowest BCUT2D eigenvalue weighted by Gasteiger charge is -2.30. The first-order chi connectivity index (χ1) is 14.5. The van der Waals surface area contributed by atoms with Gasteiger partial charge in [0, 0.05) is 24.0 Å². The monoisotopic (exact) mass is 463 g/mol. The van der Waals surface area contributed by atoms with Crippen LogP contribution in [0, 0.1) is 5.92 Å². The maximum Gasteiger partial charge on any atom is 0.252 e. The molecule has 0 bridgehead atoms. The van der Waals surface area contributed by atoms with Crippen LogP contribution in [0.5, 0.6) is 5.75 Å². The smallest absolute Gasteiger partial charge is 0.252 e. The number of hydrogen-bond donors (Lipinski definition) is 1. The van der Waals surface area contributed by atoms with E-state index < -0.39 is 15.9 Å². The summed E-state index contributed by atoms with van der Waals surface area (Å²) in [6, 6.07) is 10.9. The third-order valence-electron chi connectivity index (χ3n) is 4.96. The van der Waals surface area contributed by atoms with Crippen molar-refractivity contribution in [3.05, 3.63) is 47.2 Å². The summed E-state index contributed by atoms with van der Waals surface area (Å²) in [6.07, 6.45) is 1.30. The average molecular weight is 464 g/mol. The van der Waals surface area contributed by atoms with Gasteiger partial charge < -0.3 is 10.1 Å². The van der Waals surface area contributed by atoms with Crippen molar-refractivity contribution in [3.8, 4) is 17.0 Å². The molecule has 0 radical (unpaired) electrons. The zero-order chi connectivity index (χ0) is 21.1. The molecular formula is C20H21N3O4S3. The Bertz CT molecular complexity index is 1110. The van der Waals surface area contributed by atoms with Crippen molar-refractivity contribution in [1.29, 1.82) is 0 Å². The summed E-state index contributed by atoms with van der Waals surface area (Å²) in [4.78, 5) is 17.3. The number of amides is 1. The Balaban J connectivity index is 1.42. The van der Waals surface area contributed by atoms with E-state index in [2.05, 4.69) is 10.3 Å². The van der Waals surface area contributed by atoms with E-state index in [9.17, 15) is 13.2 Å². The molecule has 3 aromatic rings. The maximum absolute atomic E-state index is 12.8. The number of thiazole rings is 1. The van der Waals surface area contributed by atoms with E-state index in [1.165, 1.54) is 27.0 Å². The summed E-state index contributed by atoms with van der Waals surface area (Å²) in [7, 11) is -1.93. The predicted molar refractivity (Wildman–Crippen MR) is 119 cm³/mol. The molecule has 1 N–H and O–H groups in total. The van der Waals surface area contributed by atoms with Gasteiger partial charge in [-0.2, -0.15) is 4.31 Å². The first kappa shape index (κ1) is 21.0. The SMILES string of the molecule is COc1ccc(-c2csc(NC(=O)C3CCCN(S(=O)(=O)c4cccs4)C3)n2)cc1. The minimum atomic E-state index is -3.55.